The topological polar surface area (TPSA) is 100 Å². The van der Waals surface area contributed by atoms with Gasteiger partial charge < -0.3 is 15.1 Å². The number of rotatable bonds is 6. The van der Waals surface area contributed by atoms with E-state index >= 15 is 0 Å². The number of anilines is 2. The highest BCUT2D eigenvalue weighted by molar-refractivity contribution is 6.32. The summed E-state index contributed by atoms with van der Waals surface area (Å²) in [7, 11) is 0. The fraction of sp³-hybridized carbons (Fsp3) is 0.520. The molecule has 2 fully saturated rings. The van der Waals surface area contributed by atoms with Crippen LogP contribution in [0.3, 0.4) is 0 Å². The molecule has 39 heavy (non-hydrogen) atoms. The molecule has 1 aromatic carbocycles. The molecule has 2 aliphatic heterocycles. The zero-order valence-electron chi connectivity index (χ0n) is 21.3. The number of benzene rings is 1. The summed E-state index contributed by atoms with van der Waals surface area (Å²) < 4.78 is 43.3. The molecule has 2 N–H and O–H groups in total. The Hall–Kier alpha value is -2.67. The van der Waals surface area contributed by atoms with Gasteiger partial charge >= 0.3 is 12.1 Å². The van der Waals surface area contributed by atoms with Crippen LogP contribution in [0.25, 0.3) is 11.6 Å². The van der Waals surface area contributed by atoms with Crippen molar-refractivity contribution in [2.75, 3.05) is 43.4 Å². The Morgan fingerprint density at radius 3 is 2.38 bits per heavy atom. The molecule has 4 heterocycles. The van der Waals surface area contributed by atoms with E-state index in [0.717, 1.165) is 50.5 Å². The van der Waals surface area contributed by atoms with Gasteiger partial charge in [-0.15, -0.1) is 10.2 Å². The number of nitrogens with zero attached hydrogens (tertiary/aromatic N) is 7. The van der Waals surface area contributed by atoms with Crippen molar-refractivity contribution in [2.24, 2.45) is 0 Å². The van der Waals surface area contributed by atoms with Crippen LogP contribution < -0.4 is 10.6 Å². The molecule has 0 saturated carbocycles. The van der Waals surface area contributed by atoms with E-state index in [9.17, 15) is 13.2 Å². The maximum atomic E-state index is 12.9. The molecule has 210 valence electrons. The molecular formula is C25H29Cl2F3N8O. The van der Waals surface area contributed by atoms with Crippen molar-refractivity contribution in [2.45, 2.75) is 51.0 Å². The number of nitrogens with two attached hydrogens (primary N) is 1. The van der Waals surface area contributed by atoms with Crippen molar-refractivity contribution < 1.29 is 17.6 Å². The lowest BCUT2D eigenvalue weighted by Crippen LogP contribution is -2.58. The highest BCUT2D eigenvalue weighted by Crippen LogP contribution is 2.34. The van der Waals surface area contributed by atoms with E-state index in [-0.39, 0.29) is 22.7 Å². The normalized spacial score (nSPS) is 20.1. The van der Waals surface area contributed by atoms with Crippen LogP contribution in [-0.4, -0.2) is 74.8 Å². The number of hydrogen-bond acceptors (Lipinski definition) is 9. The lowest BCUT2D eigenvalue weighted by atomic mass is 9.98. The molecule has 0 unspecified atom stereocenters. The number of nitrogen functional groups attached to an aromatic ring is 1. The molecule has 2 aliphatic rings. The van der Waals surface area contributed by atoms with Gasteiger partial charge in [0, 0.05) is 43.3 Å². The average molecular weight is 585 g/mol. The summed E-state index contributed by atoms with van der Waals surface area (Å²) in [6.45, 7) is 7.34. The highest BCUT2D eigenvalue weighted by atomic mass is 35.5. The zero-order valence-corrected chi connectivity index (χ0v) is 22.8. The Kier molecular flexibility index (Phi) is 8.18. The minimum absolute atomic E-state index is 0.0183. The summed E-state index contributed by atoms with van der Waals surface area (Å²) in [6.07, 6.45) is -1.64. The number of halogens is 5. The predicted molar refractivity (Wildman–Crippen MR) is 142 cm³/mol. The molecule has 3 aromatic rings. The van der Waals surface area contributed by atoms with Crippen LogP contribution in [0.15, 0.2) is 28.7 Å². The van der Waals surface area contributed by atoms with Crippen molar-refractivity contribution >= 4 is 34.8 Å². The molecule has 14 heteroatoms. The van der Waals surface area contributed by atoms with Crippen LogP contribution in [0.1, 0.15) is 37.6 Å². The second-order valence-corrected chi connectivity index (χ2v) is 10.7. The summed E-state index contributed by atoms with van der Waals surface area (Å²) in [5.41, 5.74) is 7.13. The highest BCUT2D eigenvalue weighted by Gasteiger charge is 2.39. The van der Waals surface area contributed by atoms with Crippen molar-refractivity contribution in [1.82, 2.24) is 30.0 Å². The van der Waals surface area contributed by atoms with Crippen LogP contribution >= 0.6 is 23.2 Å². The molecule has 2 aromatic heterocycles. The second-order valence-electron chi connectivity index (χ2n) is 9.86. The minimum atomic E-state index is -4.78. The Morgan fingerprint density at radius 1 is 1.03 bits per heavy atom. The summed E-state index contributed by atoms with van der Waals surface area (Å²) in [5, 5.41) is 7.19. The van der Waals surface area contributed by atoms with Gasteiger partial charge in [-0.05, 0) is 50.0 Å². The van der Waals surface area contributed by atoms with Gasteiger partial charge in [0.1, 0.15) is 0 Å². The van der Waals surface area contributed by atoms with Crippen molar-refractivity contribution in [3.05, 3.63) is 45.9 Å². The van der Waals surface area contributed by atoms with Crippen molar-refractivity contribution in [3.8, 4) is 11.6 Å². The molecule has 5 rings (SSSR count). The molecule has 0 spiro atoms. The first-order valence-corrected chi connectivity index (χ1v) is 13.6. The number of alkyl halides is 3. The Labute approximate surface area is 234 Å². The smallest absolute Gasteiger partial charge is 0.411 e. The summed E-state index contributed by atoms with van der Waals surface area (Å²) in [4.78, 5) is 15.6. The van der Waals surface area contributed by atoms with Crippen molar-refractivity contribution in [3.63, 3.8) is 0 Å². The zero-order chi connectivity index (χ0) is 27.7. The summed E-state index contributed by atoms with van der Waals surface area (Å²) in [5.74, 6) is -1.71. The first kappa shape index (κ1) is 27.9. The number of piperidine rings is 1. The van der Waals surface area contributed by atoms with Crippen LogP contribution in [0, 0.1) is 0 Å². The minimum Gasteiger partial charge on any atom is -0.411 e. The lowest BCUT2D eigenvalue weighted by Gasteiger charge is -2.47. The van der Waals surface area contributed by atoms with E-state index < -0.39 is 18.0 Å². The third-order valence-electron chi connectivity index (χ3n) is 7.38. The summed E-state index contributed by atoms with van der Waals surface area (Å²) >= 11 is 12.5. The maximum absolute atomic E-state index is 12.9. The van der Waals surface area contributed by atoms with Gasteiger partial charge in [0.2, 0.25) is 0 Å². The molecule has 1 atom stereocenters. The Bertz CT molecular complexity index is 1280. The van der Waals surface area contributed by atoms with Gasteiger partial charge in [-0.1, -0.05) is 42.3 Å². The van der Waals surface area contributed by atoms with Crippen LogP contribution in [-0.2, 0) is 12.7 Å². The molecule has 0 aliphatic carbocycles. The van der Waals surface area contributed by atoms with Gasteiger partial charge in [0.25, 0.3) is 5.89 Å². The number of likely N-dealkylation sites (tertiary alicyclic amines) is 1. The number of hydrogen-bond donors (Lipinski definition) is 1. The number of aromatic nitrogens is 4. The monoisotopic (exact) mass is 584 g/mol. The predicted octanol–water partition coefficient (Wildman–Crippen LogP) is 5.00. The molecule has 9 nitrogen and oxygen atoms in total. The third-order valence-corrected chi connectivity index (χ3v) is 7.88. The van der Waals surface area contributed by atoms with Gasteiger partial charge in [-0.25, -0.2) is 9.97 Å². The Balaban J connectivity index is 1.22. The van der Waals surface area contributed by atoms with E-state index in [2.05, 4.69) is 49.0 Å². The fourth-order valence-electron chi connectivity index (χ4n) is 5.37. The quantitative estimate of drug-likeness (QED) is 0.429. The van der Waals surface area contributed by atoms with Crippen LogP contribution in [0.2, 0.25) is 10.2 Å². The Morgan fingerprint density at radius 2 is 1.74 bits per heavy atom. The van der Waals surface area contributed by atoms with Gasteiger partial charge in [-0.3, -0.25) is 9.80 Å². The molecule has 0 bridgehead atoms. The standard InChI is InChI=1S/C25H29Cl2F3N8O/c1-2-17-14-37(22-20(27)32-19(21(31)33-22)23-34-35-24(39-23)25(28,29)30)11-12-38(17)18-7-9-36(10-8-18)13-15-3-5-16(26)6-4-15/h3-6,17-18H,2,7-14H2,1H3,(H2,31,33)/t17-/m0/s1. The molecular weight excluding hydrogens is 556 g/mol. The molecule has 0 radical (unpaired) electrons. The average Bonchev–Trinajstić information content (AvgIpc) is 3.42. The van der Waals surface area contributed by atoms with E-state index in [1.165, 1.54) is 5.56 Å². The van der Waals surface area contributed by atoms with Gasteiger partial charge in [-0.2, -0.15) is 13.2 Å². The van der Waals surface area contributed by atoms with E-state index in [1.54, 1.807) is 0 Å². The largest absolute Gasteiger partial charge is 0.470 e. The van der Waals surface area contributed by atoms with Crippen LogP contribution in [0.5, 0.6) is 0 Å². The SMILES string of the molecule is CC[C@H]1CN(c2nc(N)c(-c3nnc(C(F)(F)F)o3)nc2Cl)CCN1C1CCN(Cc2ccc(Cl)cc2)CC1. The van der Waals surface area contributed by atoms with E-state index in [4.69, 9.17) is 33.4 Å². The lowest BCUT2D eigenvalue weighted by molar-refractivity contribution is -0.156. The molecule has 0 amide bonds. The van der Waals surface area contributed by atoms with Gasteiger partial charge in [0.15, 0.2) is 22.5 Å². The number of piperazine rings is 1. The van der Waals surface area contributed by atoms with E-state index in [1.807, 2.05) is 17.0 Å². The third kappa shape index (κ3) is 6.24. The second kappa shape index (κ2) is 11.4. The first-order valence-electron chi connectivity index (χ1n) is 12.8. The van der Waals surface area contributed by atoms with Crippen LogP contribution in [0.4, 0.5) is 24.8 Å². The van der Waals surface area contributed by atoms with E-state index in [0.29, 0.717) is 24.9 Å². The van der Waals surface area contributed by atoms with Gasteiger partial charge in [0.05, 0.1) is 0 Å². The summed E-state index contributed by atoms with van der Waals surface area (Å²) in [6, 6.07) is 8.80. The first-order chi connectivity index (χ1) is 18.6. The maximum Gasteiger partial charge on any atom is 0.470 e. The van der Waals surface area contributed by atoms with Crippen molar-refractivity contribution in [1.29, 1.82) is 0 Å². The molecule has 2 saturated heterocycles. The fourth-order valence-corrected chi connectivity index (χ4v) is 5.75.